The number of benzene rings is 2. The molecule has 0 spiro atoms. The number of H-pyrrole nitrogens is 1. The average molecular weight is 444 g/mol. The third-order valence-corrected chi connectivity index (χ3v) is 8.25. The van der Waals surface area contributed by atoms with E-state index in [0.29, 0.717) is 37.4 Å². The van der Waals surface area contributed by atoms with Crippen LogP contribution in [0.5, 0.6) is 0 Å². The second-order valence-corrected chi connectivity index (χ2v) is 10.3. The first-order chi connectivity index (χ1) is 14.5. The van der Waals surface area contributed by atoms with Crippen LogP contribution in [0.1, 0.15) is 18.4 Å². The Bertz CT molecular complexity index is 1130. The van der Waals surface area contributed by atoms with Crippen LogP contribution in [0.3, 0.4) is 0 Å². The second kappa shape index (κ2) is 8.83. The van der Waals surface area contributed by atoms with Crippen LogP contribution in [0, 0.1) is 5.92 Å². The first-order valence-corrected chi connectivity index (χ1v) is 12.6. The van der Waals surface area contributed by atoms with Crippen molar-refractivity contribution in [3.05, 3.63) is 60.3 Å². The molecule has 158 valence electrons. The van der Waals surface area contributed by atoms with E-state index in [4.69, 9.17) is 0 Å². The number of nitrogens with one attached hydrogen (secondary N) is 2. The maximum absolute atomic E-state index is 13.0. The summed E-state index contributed by atoms with van der Waals surface area (Å²) in [6, 6.07) is 15.1. The highest BCUT2D eigenvalue weighted by molar-refractivity contribution is 7.98. The number of carbonyl (C=O) groups excluding carboxylic acids is 1. The molecule has 4 rings (SSSR count). The number of carbonyl (C=O) groups is 1. The lowest BCUT2D eigenvalue weighted by Gasteiger charge is -2.30. The topological polar surface area (TPSA) is 82.3 Å². The van der Waals surface area contributed by atoms with E-state index in [2.05, 4.69) is 10.3 Å². The molecule has 3 aromatic rings. The van der Waals surface area contributed by atoms with Crippen LogP contribution in [0.2, 0.25) is 0 Å². The highest BCUT2D eigenvalue weighted by atomic mass is 32.2. The zero-order chi connectivity index (χ0) is 21.1. The molecule has 1 saturated heterocycles. The van der Waals surface area contributed by atoms with Gasteiger partial charge in [-0.3, -0.25) is 4.79 Å². The summed E-state index contributed by atoms with van der Waals surface area (Å²) >= 11 is 1.68. The van der Waals surface area contributed by atoms with Gasteiger partial charge >= 0.3 is 0 Å². The SMILES string of the molecule is CSc1ccc(CNC(=O)C2CCN(S(=O)(=O)c3ccc4[nH]ccc4c3)CC2)cc1. The van der Waals surface area contributed by atoms with Crippen LogP contribution in [0.25, 0.3) is 10.9 Å². The lowest BCUT2D eigenvalue weighted by Crippen LogP contribution is -2.42. The van der Waals surface area contributed by atoms with Gasteiger partial charge in [-0.2, -0.15) is 4.31 Å². The number of aromatic amines is 1. The summed E-state index contributed by atoms with van der Waals surface area (Å²) in [5.74, 6) is -0.163. The smallest absolute Gasteiger partial charge is 0.243 e. The largest absolute Gasteiger partial charge is 0.361 e. The summed E-state index contributed by atoms with van der Waals surface area (Å²) in [4.78, 5) is 17.1. The lowest BCUT2D eigenvalue weighted by atomic mass is 9.97. The van der Waals surface area contributed by atoms with Gasteiger partial charge in [-0.15, -0.1) is 11.8 Å². The normalized spacial score (nSPS) is 16.0. The quantitative estimate of drug-likeness (QED) is 0.570. The molecule has 1 aliphatic heterocycles. The van der Waals surface area contributed by atoms with Gasteiger partial charge in [0.25, 0.3) is 0 Å². The number of amides is 1. The molecule has 0 bridgehead atoms. The van der Waals surface area contributed by atoms with Gasteiger partial charge in [0.2, 0.25) is 15.9 Å². The molecule has 1 amide bonds. The van der Waals surface area contributed by atoms with E-state index in [9.17, 15) is 13.2 Å². The molecule has 30 heavy (non-hydrogen) atoms. The fraction of sp³-hybridized carbons (Fsp3) is 0.318. The molecule has 0 saturated carbocycles. The van der Waals surface area contributed by atoms with E-state index in [1.54, 1.807) is 36.2 Å². The molecule has 1 aliphatic rings. The minimum atomic E-state index is -3.56. The van der Waals surface area contributed by atoms with E-state index in [1.807, 2.05) is 36.6 Å². The molecule has 2 heterocycles. The van der Waals surface area contributed by atoms with Crippen LogP contribution in [-0.2, 0) is 21.4 Å². The zero-order valence-corrected chi connectivity index (χ0v) is 18.4. The van der Waals surface area contributed by atoms with Gasteiger partial charge in [0.1, 0.15) is 0 Å². The number of fused-ring (bicyclic) bond motifs is 1. The van der Waals surface area contributed by atoms with Crippen LogP contribution in [0.15, 0.2) is 64.5 Å². The molecule has 0 radical (unpaired) electrons. The Balaban J connectivity index is 1.33. The molecule has 0 atom stereocenters. The van der Waals surface area contributed by atoms with Gasteiger partial charge in [0.05, 0.1) is 4.90 Å². The molecule has 1 fully saturated rings. The first kappa shape index (κ1) is 21.0. The number of sulfonamides is 1. The Hall–Kier alpha value is -2.29. The highest BCUT2D eigenvalue weighted by Crippen LogP contribution is 2.26. The molecule has 0 aliphatic carbocycles. The number of thioether (sulfide) groups is 1. The Labute approximate surface area is 181 Å². The third kappa shape index (κ3) is 4.40. The maximum Gasteiger partial charge on any atom is 0.243 e. The van der Waals surface area contributed by atoms with Crippen LogP contribution < -0.4 is 5.32 Å². The van der Waals surface area contributed by atoms with Crippen molar-refractivity contribution in [2.24, 2.45) is 5.92 Å². The Morgan fingerprint density at radius 3 is 2.57 bits per heavy atom. The summed E-state index contributed by atoms with van der Waals surface area (Å²) in [7, 11) is -3.56. The van der Waals surface area contributed by atoms with Gasteiger partial charge in [-0.25, -0.2) is 8.42 Å². The minimum Gasteiger partial charge on any atom is -0.361 e. The van der Waals surface area contributed by atoms with Crippen molar-refractivity contribution in [1.82, 2.24) is 14.6 Å². The van der Waals surface area contributed by atoms with Crippen molar-refractivity contribution in [1.29, 1.82) is 0 Å². The monoisotopic (exact) mass is 443 g/mol. The summed E-state index contributed by atoms with van der Waals surface area (Å²) in [6.45, 7) is 1.20. The average Bonchev–Trinajstić information content (AvgIpc) is 3.26. The predicted molar refractivity (Wildman–Crippen MR) is 120 cm³/mol. The fourth-order valence-electron chi connectivity index (χ4n) is 3.78. The number of hydrogen-bond donors (Lipinski definition) is 2. The molecule has 0 unspecified atom stereocenters. The van der Waals surface area contributed by atoms with E-state index in [0.717, 1.165) is 16.5 Å². The van der Waals surface area contributed by atoms with Crippen LogP contribution in [0.4, 0.5) is 0 Å². The van der Waals surface area contributed by atoms with Gasteiger partial charge in [0.15, 0.2) is 0 Å². The minimum absolute atomic E-state index is 0.00488. The number of hydrogen-bond acceptors (Lipinski definition) is 4. The van der Waals surface area contributed by atoms with Crippen molar-refractivity contribution < 1.29 is 13.2 Å². The van der Waals surface area contributed by atoms with Gasteiger partial charge < -0.3 is 10.3 Å². The van der Waals surface area contributed by atoms with E-state index in [1.165, 1.54) is 9.20 Å². The number of rotatable bonds is 6. The summed E-state index contributed by atoms with van der Waals surface area (Å²) in [5, 5.41) is 3.86. The van der Waals surface area contributed by atoms with Gasteiger partial charge in [-0.05, 0) is 61.1 Å². The molecule has 6 nitrogen and oxygen atoms in total. The molecular weight excluding hydrogens is 418 g/mol. The molecule has 2 aromatic carbocycles. The second-order valence-electron chi connectivity index (χ2n) is 7.47. The van der Waals surface area contributed by atoms with Crippen molar-refractivity contribution in [3.63, 3.8) is 0 Å². The highest BCUT2D eigenvalue weighted by Gasteiger charge is 2.32. The van der Waals surface area contributed by atoms with Gasteiger partial charge in [0, 0.05) is 47.5 Å². The Kier molecular flexibility index (Phi) is 6.17. The Morgan fingerprint density at radius 1 is 1.13 bits per heavy atom. The summed E-state index contributed by atoms with van der Waals surface area (Å²) in [5.41, 5.74) is 1.97. The third-order valence-electron chi connectivity index (χ3n) is 5.61. The van der Waals surface area contributed by atoms with Crippen LogP contribution in [-0.4, -0.2) is 43.0 Å². The molecule has 1 aromatic heterocycles. The summed E-state index contributed by atoms with van der Waals surface area (Å²) in [6.07, 6.45) is 4.88. The van der Waals surface area contributed by atoms with E-state index in [-0.39, 0.29) is 11.8 Å². The number of nitrogens with zero attached hydrogens (tertiary/aromatic N) is 1. The first-order valence-electron chi connectivity index (χ1n) is 9.95. The predicted octanol–water partition coefficient (Wildman–Crippen LogP) is 3.61. The maximum atomic E-state index is 13.0. The zero-order valence-electron chi connectivity index (χ0n) is 16.8. The Morgan fingerprint density at radius 2 is 1.87 bits per heavy atom. The molecule has 2 N–H and O–H groups in total. The number of piperidine rings is 1. The van der Waals surface area contributed by atoms with Crippen molar-refractivity contribution in [3.8, 4) is 0 Å². The molecule has 8 heteroatoms. The van der Waals surface area contributed by atoms with E-state index < -0.39 is 10.0 Å². The van der Waals surface area contributed by atoms with Crippen LogP contribution >= 0.6 is 11.8 Å². The number of aromatic nitrogens is 1. The lowest BCUT2D eigenvalue weighted by molar-refractivity contribution is -0.126. The molecular formula is C22H25N3O3S2. The van der Waals surface area contributed by atoms with Crippen molar-refractivity contribution in [2.75, 3.05) is 19.3 Å². The van der Waals surface area contributed by atoms with Crippen molar-refractivity contribution in [2.45, 2.75) is 29.2 Å². The standard InChI is InChI=1S/C22H25N3O3S2/c1-29-19-4-2-16(3-5-19)15-24-22(26)17-9-12-25(13-10-17)30(27,28)20-6-7-21-18(14-20)8-11-23-21/h2-8,11,14,17,23H,9-10,12-13,15H2,1H3,(H,24,26). The van der Waals surface area contributed by atoms with Crippen molar-refractivity contribution >= 4 is 38.6 Å². The van der Waals surface area contributed by atoms with E-state index >= 15 is 0 Å². The summed E-state index contributed by atoms with van der Waals surface area (Å²) < 4.78 is 27.5. The fourth-order valence-corrected chi connectivity index (χ4v) is 5.69. The van der Waals surface area contributed by atoms with Gasteiger partial charge in [-0.1, -0.05) is 12.1 Å².